The molecule has 22 heavy (non-hydrogen) atoms. The molecule has 0 saturated carbocycles. The summed E-state index contributed by atoms with van der Waals surface area (Å²) in [6.45, 7) is 4.23. The van der Waals surface area contributed by atoms with Crippen LogP contribution in [0.5, 0.6) is 0 Å². The number of benzene rings is 1. The van der Waals surface area contributed by atoms with Crippen molar-refractivity contribution in [2.75, 3.05) is 0 Å². The summed E-state index contributed by atoms with van der Waals surface area (Å²) in [5, 5.41) is 10.6. The molecule has 5 nitrogen and oxygen atoms in total. The first kappa shape index (κ1) is 16.7. The quantitative estimate of drug-likeness (QED) is 0.791. The number of halogens is 1. The van der Waals surface area contributed by atoms with Gasteiger partial charge in [-0.2, -0.15) is 5.10 Å². The van der Waals surface area contributed by atoms with Gasteiger partial charge in [-0.25, -0.2) is 0 Å². The molecule has 2 rings (SSSR count). The molecule has 0 bridgehead atoms. The van der Waals surface area contributed by atoms with Gasteiger partial charge in [0.25, 0.3) is 0 Å². The van der Waals surface area contributed by atoms with Gasteiger partial charge < -0.3 is 5.32 Å². The van der Waals surface area contributed by atoms with Crippen LogP contribution >= 0.6 is 23.8 Å². The molecule has 1 unspecified atom stereocenters. The molecule has 0 fully saturated rings. The fourth-order valence-corrected chi connectivity index (χ4v) is 2.58. The summed E-state index contributed by atoms with van der Waals surface area (Å²) in [6.07, 6.45) is 1.98. The Morgan fingerprint density at radius 3 is 2.77 bits per heavy atom. The van der Waals surface area contributed by atoms with Crippen LogP contribution in [0.1, 0.15) is 26.7 Å². The van der Waals surface area contributed by atoms with Gasteiger partial charge in [0.2, 0.25) is 5.91 Å². The zero-order valence-electron chi connectivity index (χ0n) is 12.6. The smallest absolute Gasteiger partial charge is 0.240 e. The minimum Gasteiger partial charge on any atom is -0.352 e. The molecule has 1 aromatic heterocycles. The summed E-state index contributed by atoms with van der Waals surface area (Å²) < 4.78 is 2.11. The predicted molar refractivity (Wildman–Crippen MR) is 90.4 cm³/mol. The van der Waals surface area contributed by atoms with E-state index >= 15 is 0 Å². The lowest BCUT2D eigenvalue weighted by Crippen LogP contribution is -2.35. The van der Waals surface area contributed by atoms with Crippen LogP contribution in [0.4, 0.5) is 0 Å². The van der Waals surface area contributed by atoms with Crippen molar-refractivity contribution in [3.63, 3.8) is 0 Å². The van der Waals surface area contributed by atoms with Crippen LogP contribution in [-0.4, -0.2) is 26.7 Å². The van der Waals surface area contributed by atoms with Crippen molar-refractivity contribution in [2.45, 2.75) is 39.3 Å². The van der Waals surface area contributed by atoms with E-state index in [0.29, 0.717) is 15.6 Å². The molecule has 1 heterocycles. The zero-order valence-corrected chi connectivity index (χ0v) is 14.2. The van der Waals surface area contributed by atoms with Gasteiger partial charge in [0, 0.05) is 16.6 Å². The Morgan fingerprint density at radius 1 is 1.45 bits per heavy atom. The molecular weight excluding hydrogens is 320 g/mol. The predicted octanol–water partition coefficient (Wildman–Crippen LogP) is 3.57. The van der Waals surface area contributed by atoms with Crippen molar-refractivity contribution in [1.82, 2.24) is 20.1 Å². The van der Waals surface area contributed by atoms with Crippen molar-refractivity contribution in [3.8, 4) is 11.4 Å². The molecule has 0 spiro atoms. The van der Waals surface area contributed by atoms with Crippen LogP contribution in [0.15, 0.2) is 24.3 Å². The normalized spacial score (nSPS) is 12.1. The third kappa shape index (κ3) is 4.18. The number of aromatic amines is 1. The number of aromatic nitrogens is 3. The molecule has 1 aromatic carbocycles. The van der Waals surface area contributed by atoms with Crippen LogP contribution in [0, 0.1) is 4.77 Å². The van der Waals surface area contributed by atoms with E-state index in [1.54, 1.807) is 16.7 Å². The number of carbonyl (C=O) groups excluding carboxylic acids is 1. The SMILES string of the molecule is CCCC(C)NC(=O)Cn1c(-c2ccc(Cl)cc2)n[nH]c1=S. The van der Waals surface area contributed by atoms with Gasteiger partial charge in [0.15, 0.2) is 10.6 Å². The van der Waals surface area contributed by atoms with E-state index in [1.807, 2.05) is 19.1 Å². The maximum atomic E-state index is 12.1. The topological polar surface area (TPSA) is 62.7 Å². The molecule has 0 aliphatic heterocycles. The Bertz CT molecular complexity index is 692. The molecule has 7 heteroatoms. The van der Waals surface area contributed by atoms with Crippen molar-refractivity contribution in [2.24, 2.45) is 0 Å². The second kappa shape index (κ2) is 7.56. The molecule has 0 saturated heterocycles. The standard InChI is InChI=1S/C15H19ClN4OS/c1-3-4-10(2)17-13(21)9-20-14(18-19-15(20)22)11-5-7-12(16)8-6-11/h5-8,10H,3-4,9H2,1-2H3,(H,17,21)(H,19,22). The van der Waals surface area contributed by atoms with Gasteiger partial charge in [-0.3, -0.25) is 14.5 Å². The number of H-pyrrole nitrogens is 1. The number of amides is 1. The summed E-state index contributed by atoms with van der Waals surface area (Å²) in [6, 6.07) is 7.41. The second-order valence-electron chi connectivity index (χ2n) is 5.20. The minimum atomic E-state index is -0.0753. The zero-order chi connectivity index (χ0) is 16.1. The van der Waals surface area contributed by atoms with Crippen molar-refractivity contribution in [3.05, 3.63) is 34.1 Å². The number of nitrogens with one attached hydrogen (secondary N) is 2. The maximum Gasteiger partial charge on any atom is 0.240 e. The van der Waals surface area contributed by atoms with Gasteiger partial charge in [-0.1, -0.05) is 24.9 Å². The minimum absolute atomic E-state index is 0.0753. The fourth-order valence-electron chi connectivity index (χ4n) is 2.25. The van der Waals surface area contributed by atoms with E-state index in [1.165, 1.54) is 0 Å². The van der Waals surface area contributed by atoms with E-state index in [2.05, 4.69) is 22.4 Å². The molecular formula is C15H19ClN4OS. The molecule has 1 atom stereocenters. The van der Waals surface area contributed by atoms with Crippen molar-refractivity contribution in [1.29, 1.82) is 0 Å². The van der Waals surface area contributed by atoms with Crippen LogP contribution in [-0.2, 0) is 11.3 Å². The molecule has 2 N–H and O–H groups in total. The van der Waals surface area contributed by atoms with Crippen LogP contribution in [0.25, 0.3) is 11.4 Å². The Balaban J connectivity index is 2.18. The molecule has 0 radical (unpaired) electrons. The highest BCUT2D eigenvalue weighted by Gasteiger charge is 2.13. The highest BCUT2D eigenvalue weighted by atomic mass is 35.5. The monoisotopic (exact) mass is 338 g/mol. The number of hydrogen-bond acceptors (Lipinski definition) is 3. The number of nitrogens with zero attached hydrogens (tertiary/aromatic N) is 2. The van der Waals surface area contributed by atoms with E-state index < -0.39 is 0 Å². The third-order valence-corrected chi connectivity index (χ3v) is 3.86. The Kier molecular flexibility index (Phi) is 5.74. The molecule has 0 aliphatic carbocycles. The summed E-state index contributed by atoms with van der Waals surface area (Å²) >= 11 is 11.1. The van der Waals surface area contributed by atoms with E-state index in [0.717, 1.165) is 18.4 Å². The van der Waals surface area contributed by atoms with Gasteiger partial charge in [0.1, 0.15) is 6.54 Å². The second-order valence-corrected chi connectivity index (χ2v) is 6.03. The van der Waals surface area contributed by atoms with Crippen LogP contribution in [0.3, 0.4) is 0 Å². The number of hydrogen-bond donors (Lipinski definition) is 2. The van der Waals surface area contributed by atoms with Gasteiger partial charge in [-0.05, 0) is 49.8 Å². The Hall–Kier alpha value is -1.66. The highest BCUT2D eigenvalue weighted by molar-refractivity contribution is 7.71. The molecule has 0 aliphatic rings. The number of carbonyl (C=O) groups is 1. The molecule has 1 amide bonds. The largest absolute Gasteiger partial charge is 0.352 e. The Morgan fingerprint density at radius 2 is 2.14 bits per heavy atom. The number of rotatable bonds is 6. The van der Waals surface area contributed by atoms with E-state index in [9.17, 15) is 4.79 Å². The highest BCUT2D eigenvalue weighted by Crippen LogP contribution is 2.19. The van der Waals surface area contributed by atoms with Crippen molar-refractivity contribution >= 4 is 29.7 Å². The summed E-state index contributed by atoms with van der Waals surface area (Å²) in [5.41, 5.74) is 0.853. The van der Waals surface area contributed by atoms with Gasteiger partial charge >= 0.3 is 0 Å². The first-order chi connectivity index (χ1) is 10.5. The lowest BCUT2D eigenvalue weighted by molar-refractivity contribution is -0.122. The lowest BCUT2D eigenvalue weighted by atomic mass is 10.2. The Labute approximate surface area is 139 Å². The van der Waals surface area contributed by atoms with E-state index in [-0.39, 0.29) is 18.5 Å². The van der Waals surface area contributed by atoms with Crippen molar-refractivity contribution < 1.29 is 4.79 Å². The summed E-state index contributed by atoms with van der Waals surface area (Å²) in [4.78, 5) is 12.1. The van der Waals surface area contributed by atoms with Gasteiger partial charge in [0.05, 0.1) is 0 Å². The van der Waals surface area contributed by atoms with Gasteiger partial charge in [-0.15, -0.1) is 0 Å². The van der Waals surface area contributed by atoms with Crippen LogP contribution in [0.2, 0.25) is 5.02 Å². The third-order valence-electron chi connectivity index (χ3n) is 3.29. The maximum absolute atomic E-state index is 12.1. The van der Waals surface area contributed by atoms with E-state index in [4.69, 9.17) is 23.8 Å². The first-order valence-electron chi connectivity index (χ1n) is 7.21. The first-order valence-corrected chi connectivity index (χ1v) is 8.00. The summed E-state index contributed by atoms with van der Waals surface area (Å²) in [5.74, 6) is 0.550. The lowest BCUT2D eigenvalue weighted by Gasteiger charge is -2.13. The average molecular weight is 339 g/mol. The average Bonchev–Trinajstić information content (AvgIpc) is 2.81. The fraction of sp³-hybridized carbons (Fsp3) is 0.400. The molecule has 118 valence electrons. The molecule has 2 aromatic rings. The summed E-state index contributed by atoms with van der Waals surface area (Å²) in [7, 11) is 0. The van der Waals surface area contributed by atoms with Crippen LogP contribution < -0.4 is 5.32 Å².